The van der Waals surface area contributed by atoms with E-state index in [-0.39, 0.29) is 5.88 Å². The zero-order valence-corrected chi connectivity index (χ0v) is 5.48. The van der Waals surface area contributed by atoms with Crippen LogP contribution in [0.4, 0.5) is 5.88 Å². The van der Waals surface area contributed by atoms with E-state index in [1.54, 1.807) is 12.3 Å². The van der Waals surface area contributed by atoms with Crippen LogP contribution in [-0.4, -0.2) is 20.6 Å². The molecule has 2 rings (SSSR count). The summed E-state index contributed by atoms with van der Waals surface area (Å²) in [5.41, 5.74) is 6.58. The Bertz CT molecular complexity index is 337. The number of nitrogens with one attached hydrogen (secondary N) is 1. The molecule has 0 atom stereocenters. The van der Waals surface area contributed by atoms with Gasteiger partial charge in [0.15, 0.2) is 5.69 Å². The quantitative estimate of drug-likeness (QED) is 0.600. The molecule has 0 saturated heterocycles. The lowest BCUT2D eigenvalue weighted by Crippen LogP contribution is -1.86. The van der Waals surface area contributed by atoms with Crippen LogP contribution in [0.5, 0.6) is 0 Å². The maximum atomic E-state index is 5.39. The summed E-state index contributed by atoms with van der Waals surface area (Å²) < 4.78 is 4.56. The monoisotopic (exact) mass is 151 g/mol. The lowest BCUT2D eigenvalue weighted by molar-refractivity contribution is 0.407. The second kappa shape index (κ2) is 2.08. The summed E-state index contributed by atoms with van der Waals surface area (Å²) in [5, 5.41) is 13.3. The first-order valence-electron chi connectivity index (χ1n) is 2.95. The zero-order valence-electron chi connectivity index (χ0n) is 5.48. The van der Waals surface area contributed by atoms with Gasteiger partial charge in [-0.05, 0) is 6.07 Å². The van der Waals surface area contributed by atoms with E-state index in [1.807, 2.05) is 0 Å². The van der Waals surface area contributed by atoms with Crippen LogP contribution in [0.1, 0.15) is 0 Å². The number of anilines is 1. The fourth-order valence-corrected chi connectivity index (χ4v) is 0.772. The van der Waals surface area contributed by atoms with Crippen LogP contribution in [0, 0.1) is 0 Å². The molecule has 0 unspecified atom stereocenters. The maximum Gasteiger partial charge on any atom is 0.252 e. The molecule has 0 aliphatic heterocycles. The maximum absolute atomic E-state index is 5.39. The summed E-state index contributed by atoms with van der Waals surface area (Å²) in [4.78, 5) is 0. The molecule has 3 N–H and O–H groups in total. The minimum absolute atomic E-state index is 0.189. The number of nitrogens with two attached hydrogens (primary N) is 1. The fraction of sp³-hybridized carbons (Fsp3) is 0. The molecule has 6 nitrogen and oxygen atoms in total. The number of hydrogen-bond acceptors (Lipinski definition) is 5. The van der Waals surface area contributed by atoms with Crippen LogP contribution in [0.2, 0.25) is 0 Å². The third-order valence-electron chi connectivity index (χ3n) is 1.27. The molecule has 0 amide bonds. The fourth-order valence-electron chi connectivity index (χ4n) is 0.772. The minimum Gasteiger partial charge on any atom is -0.366 e. The van der Waals surface area contributed by atoms with E-state index in [1.165, 1.54) is 0 Å². The number of rotatable bonds is 1. The molecular weight excluding hydrogens is 146 g/mol. The summed E-state index contributed by atoms with van der Waals surface area (Å²) in [5.74, 6) is 0.189. The van der Waals surface area contributed by atoms with E-state index in [4.69, 9.17) is 5.73 Å². The normalized spacial score (nSPS) is 10.2. The summed E-state index contributed by atoms with van der Waals surface area (Å²) in [7, 11) is 0. The molecular formula is C5H5N5O. The molecule has 0 aliphatic carbocycles. The largest absolute Gasteiger partial charge is 0.366 e. The lowest BCUT2D eigenvalue weighted by Gasteiger charge is -1.86. The van der Waals surface area contributed by atoms with Crippen molar-refractivity contribution in [2.75, 3.05) is 5.73 Å². The molecule has 0 fully saturated rings. The Balaban J connectivity index is 2.53. The Morgan fingerprint density at radius 1 is 1.55 bits per heavy atom. The van der Waals surface area contributed by atoms with Crippen molar-refractivity contribution in [3.8, 4) is 11.4 Å². The molecule has 11 heavy (non-hydrogen) atoms. The Labute approximate surface area is 61.4 Å². The molecule has 2 aromatic heterocycles. The summed E-state index contributed by atoms with van der Waals surface area (Å²) in [6.45, 7) is 0. The van der Waals surface area contributed by atoms with Crippen molar-refractivity contribution < 1.29 is 4.52 Å². The number of nitrogen functional groups attached to an aromatic ring is 1. The van der Waals surface area contributed by atoms with Crippen molar-refractivity contribution in [2.45, 2.75) is 0 Å². The molecule has 0 saturated carbocycles. The van der Waals surface area contributed by atoms with Gasteiger partial charge in [-0.3, -0.25) is 5.10 Å². The number of H-pyrrole nitrogens is 1. The Hall–Kier alpha value is -1.85. The number of hydrogen-bond donors (Lipinski definition) is 2. The standard InChI is InChI=1S/C5H5N5O/c6-5-4(9-10-11-5)3-1-2-7-8-3/h1-2H,6H2,(H,7,8). The van der Waals surface area contributed by atoms with Gasteiger partial charge in [-0.15, -0.1) is 5.10 Å². The van der Waals surface area contributed by atoms with E-state index in [0.29, 0.717) is 11.4 Å². The first-order valence-corrected chi connectivity index (χ1v) is 2.95. The van der Waals surface area contributed by atoms with Crippen molar-refractivity contribution in [3.63, 3.8) is 0 Å². The van der Waals surface area contributed by atoms with Crippen LogP contribution >= 0.6 is 0 Å². The van der Waals surface area contributed by atoms with E-state index in [9.17, 15) is 0 Å². The molecule has 6 heteroatoms. The van der Waals surface area contributed by atoms with Crippen molar-refractivity contribution in [1.29, 1.82) is 0 Å². The van der Waals surface area contributed by atoms with Crippen LogP contribution in [0.25, 0.3) is 11.4 Å². The Morgan fingerprint density at radius 2 is 2.45 bits per heavy atom. The van der Waals surface area contributed by atoms with Gasteiger partial charge in [-0.25, -0.2) is 0 Å². The molecule has 56 valence electrons. The predicted molar refractivity (Wildman–Crippen MR) is 36.3 cm³/mol. The Morgan fingerprint density at radius 3 is 3.00 bits per heavy atom. The van der Waals surface area contributed by atoms with Crippen molar-refractivity contribution in [1.82, 2.24) is 20.6 Å². The van der Waals surface area contributed by atoms with Crippen molar-refractivity contribution in [3.05, 3.63) is 12.3 Å². The second-order valence-electron chi connectivity index (χ2n) is 1.96. The third kappa shape index (κ3) is 0.841. The summed E-state index contributed by atoms with van der Waals surface area (Å²) >= 11 is 0. The highest BCUT2D eigenvalue weighted by Gasteiger charge is 2.08. The van der Waals surface area contributed by atoms with Crippen LogP contribution < -0.4 is 5.73 Å². The van der Waals surface area contributed by atoms with E-state index in [0.717, 1.165) is 0 Å². The van der Waals surface area contributed by atoms with Gasteiger partial charge in [0, 0.05) is 11.5 Å². The number of aromatic nitrogens is 4. The smallest absolute Gasteiger partial charge is 0.252 e. The van der Waals surface area contributed by atoms with Crippen molar-refractivity contribution >= 4 is 5.88 Å². The van der Waals surface area contributed by atoms with E-state index >= 15 is 0 Å². The summed E-state index contributed by atoms with van der Waals surface area (Å²) in [6, 6.07) is 1.73. The molecule has 0 aliphatic rings. The molecule has 2 heterocycles. The van der Waals surface area contributed by atoms with Gasteiger partial charge in [0.05, 0.1) is 5.69 Å². The van der Waals surface area contributed by atoms with Gasteiger partial charge >= 0.3 is 0 Å². The molecule has 0 bridgehead atoms. The first-order chi connectivity index (χ1) is 5.38. The zero-order chi connectivity index (χ0) is 7.68. The van der Waals surface area contributed by atoms with Gasteiger partial charge in [0.2, 0.25) is 0 Å². The van der Waals surface area contributed by atoms with Gasteiger partial charge < -0.3 is 10.3 Å². The number of aromatic amines is 1. The van der Waals surface area contributed by atoms with Gasteiger partial charge in [0.1, 0.15) is 0 Å². The van der Waals surface area contributed by atoms with Gasteiger partial charge in [-0.1, -0.05) is 0 Å². The molecule has 0 radical (unpaired) electrons. The number of nitrogens with zero attached hydrogens (tertiary/aromatic N) is 3. The topological polar surface area (TPSA) is 93.6 Å². The van der Waals surface area contributed by atoms with Crippen molar-refractivity contribution in [2.24, 2.45) is 0 Å². The lowest BCUT2D eigenvalue weighted by atomic mass is 10.3. The first kappa shape index (κ1) is 5.90. The SMILES string of the molecule is Nc1onnc1-c1ccn[nH]1. The molecule has 2 aromatic rings. The highest BCUT2D eigenvalue weighted by molar-refractivity contribution is 5.63. The molecule has 0 aromatic carbocycles. The Kier molecular flexibility index (Phi) is 1.12. The van der Waals surface area contributed by atoms with E-state index < -0.39 is 0 Å². The van der Waals surface area contributed by atoms with Gasteiger partial charge in [0.25, 0.3) is 5.88 Å². The van der Waals surface area contributed by atoms with Crippen LogP contribution in [0.3, 0.4) is 0 Å². The van der Waals surface area contributed by atoms with Crippen LogP contribution in [-0.2, 0) is 0 Å². The average molecular weight is 151 g/mol. The highest BCUT2D eigenvalue weighted by Crippen LogP contribution is 2.18. The predicted octanol–water partition coefficient (Wildman–Crippen LogP) is 0.0419. The van der Waals surface area contributed by atoms with Crippen LogP contribution in [0.15, 0.2) is 16.8 Å². The third-order valence-corrected chi connectivity index (χ3v) is 1.27. The summed E-state index contributed by atoms with van der Waals surface area (Å²) in [6.07, 6.45) is 1.60. The minimum atomic E-state index is 0.189. The van der Waals surface area contributed by atoms with E-state index in [2.05, 4.69) is 25.1 Å². The second-order valence-corrected chi connectivity index (χ2v) is 1.96. The molecule has 0 spiro atoms. The van der Waals surface area contributed by atoms with Gasteiger partial charge in [-0.2, -0.15) is 5.10 Å². The average Bonchev–Trinajstić information content (AvgIpc) is 2.55. The highest BCUT2D eigenvalue weighted by atomic mass is 16.5.